The van der Waals surface area contributed by atoms with Gasteiger partial charge in [0.1, 0.15) is 11.8 Å². The fourth-order valence-electron chi connectivity index (χ4n) is 4.37. The average molecular weight is 498 g/mol. The molecular weight excluding hydrogens is 474 g/mol. The number of hydrogen-bond donors (Lipinski definition) is 1. The number of halogens is 1. The van der Waals surface area contributed by atoms with E-state index in [1.54, 1.807) is 36.5 Å². The van der Waals surface area contributed by atoms with Crippen molar-refractivity contribution in [2.75, 3.05) is 21.3 Å². The molecule has 0 bridgehead atoms. The summed E-state index contributed by atoms with van der Waals surface area (Å²) in [7, 11) is 4.41. The van der Waals surface area contributed by atoms with Crippen LogP contribution >= 0.6 is 11.6 Å². The zero-order chi connectivity index (χ0) is 25.1. The molecule has 1 saturated heterocycles. The number of carboxylic acid groups (broad SMARTS) is 1. The number of likely N-dealkylation sites (tertiary alicyclic amines) is 1. The summed E-state index contributed by atoms with van der Waals surface area (Å²) in [5.41, 5.74) is 2.14. The second-order valence-electron chi connectivity index (χ2n) is 7.88. The summed E-state index contributed by atoms with van der Waals surface area (Å²) in [5, 5.41) is 10.3. The lowest BCUT2D eigenvalue weighted by Crippen LogP contribution is -2.41. The second kappa shape index (κ2) is 10.2. The predicted octanol–water partition coefficient (Wildman–Crippen LogP) is 4.25. The summed E-state index contributed by atoms with van der Waals surface area (Å²) < 4.78 is 16.0. The van der Waals surface area contributed by atoms with Crippen molar-refractivity contribution in [1.29, 1.82) is 0 Å². The zero-order valence-electron chi connectivity index (χ0n) is 19.4. The molecule has 1 aromatic heterocycles. The van der Waals surface area contributed by atoms with E-state index in [0.29, 0.717) is 34.7 Å². The van der Waals surface area contributed by atoms with Crippen LogP contribution in [0.15, 0.2) is 48.7 Å². The van der Waals surface area contributed by atoms with Crippen molar-refractivity contribution in [2.24, 2.45) is 0 Å². The van der Waals surface area contributed by atoms with Crippen LogP contribution in [0.5, 0.6) is 17.6 Å². The van der Waals surface area contributed by atoms with Crippen LogP contribution in [0.4, 0.5) is 0 Å². The number of aromatic nitrogens is 2. The normalized spacial score (nSPS) is 17.2. The summed E-state index contributed by atoms with van der Waals surface area (Å²) in [6.45, 7) is 0. The van der Waals surface area contributed by atoms with Crippen molar-refractivity contribution in [2.45, 2.75) is 24.9 Å². The maximum absolute atomic E-state index is 13.7. The highest BCUT2D eigenvalue weighted by atomic mass is 35.5. The Morgan fingerprint density at radius 3 is 2.46 bits per heavy atom. The van der Waals surface area contributed by atoms with E-state index < -0.39 is 24.0 Å². The lowest BCUT2D eigenvalue weighted by atomic mass is 10.0. The van der Waals surface area contributed by atoms with E-state index in [4.69, 9.17) is 25.8 Å². The van der Waals surface area contributed by atoms with Crippen LogP contribution in [0.1, 0.15) is 34.8 Å². The van der Waals surface area contributed by atoms with Crippen LogP contribution in [0, 0.1) is 0 Å². The van der Waals surface area contributed by atoms with Gasteiger partial charge in [-0.2, -0.15) is 4.98 Å². The van der Waals surface area contributed by atoms with Crippen molar-refractivity contribution in [3.63, 3.8) is 0 Å². The third-order valence-electron chi connectivity index (χ3n) is 6.02. The Morgan fingerprint density at radius 1 is 1.03 bits per heavy atom. The number of hydrogen-bond acceptors (Lipinski definition) is 7. The van der Waals surface area contributed by atoms with E-state index in [1.807, 2.05) is 12.1 Å². The van der Waals surface area contributed by atoms with Crippen molar-refractivity contribution in [3.8, 4) is 28.8 Å². The highest BCUT2D eigenvalue weighted by Gasteiger charge is 2.42. The first-order valence-corrected chi connectivity index (χ1v) is 11.2. The number of benzene rings is 2. The van der Waals surface area contributed by atoms with Crippen molar-refractivity contribution < 1.29 is 28.9 Å². The number of carbonyl (C=O) groups is 2. The molecule has 182 valence electrons. The SMILES string of the molecule is COc1ncc(-c2ccc(C(=O)N3[C@@H](c4ccccc4Cl)CC[C@H]3C(=O)O)cc2OC)c(OC)n1. The molecule has 10 heteroatoms. The Bertz CT molecular complexity index is 1270. The molecule has 0 saturated carbocycles. The molecule has 0 radical (unpaired) electrons. The van der Waals surface area contributed by atoms with E-state index in [2.05, 4.69) is 9.97 Å². The van der Waals surface area contributed by atoms with E-state index in [1.165, 1.54) is 26.2 Å². The molecule has 0 unspecified atom stereocenters. The molecule has 2 heterocycles. The second-order valence-corrected chi connectivity index (χ2v) is 8.28. The fourth-order valence-corrected chi connectivity index (χ4v) is 4.63. The molecule has 0 aliphatic carbocycles. The zero-order valence-corrected chi connectivity index (χ0v) is 20.2. The monoisotopic (exact) mass is 497 g/mol. The van der Waals surface area contributed by atoms with Gasteiger partial charge < -0.3 is 24.2 Å². The molecule has 9 nitrogen and oxygen atoms in total. The topological polar surface area (TPSA) is 111 Å². The van der Waals surface area contributed by atoms with Crippen LogP contribution in [0.2, 0.25) is 5.02 Å². The lowest BCUT2D eigenvalue weighted by molar-refractivity contribution is -0.141. The summed E-state index contributed by atoms with van der Waals surface area (Å²) >= 11 is 6.40. The molecule has 1 N–H and O–H groups in total. The first-order valence-electron chi connectivity index (χ1n) is 10.8. The quantitative estimate of drug-likeness (QED) is 0.515. The van der Waals surface area contributed by atoms with E-state index >= 15 is 0 Å². The number of ether oxygens (including phenoxy) is 3. The van der Waals surface area contributed by atoms with E-state index in [0.717, 1.165) is 5.56 Å². The number of nitrogens with zero attached hydrogens (tertiary/aromatic N) is 3. The summed E-state index contributed by atoms with van der Waals surface area (Å²) in [5.74, 6) is -0.832. The van der Waals surface area contributed by atoms with E-state index in [-0.39, 0.29) is 17.5 Å². The molecule has 2 atom stereocenters. The number of methoxy groups -OCH3 is 3. The highest BCUT2D eigenvalue weighted by Crippen LogP contribution is 2.41. The maximum Gasteiger partial charge on any atom is 0.326 e. The summed E-state index contributed by atoms with van der Waals surface area (Å²) in [6, 6.07) is 10.8. The van der Waals surface area contributed by atoms with Gasteiger partial charge in [0, 0.05) is 22.3 Å². The molecule has 1 amide bonds. The van der Waals surface area contributed by atoms with Crippen LogP contribution < -0.4 is 14.2 Å². The maximum atomic E-state index is 13.7. The largest absolute Gasteiger partial charge is 0.496 e. The van der Waals surface area contributed by atoms with Gasteiger partial charge in [-0.3, -0.25) is 4.79 Å². The number of aliphatic carboxylic acids is 1. The van der Waals surface area contributed by atoms with Gasteiger partial charge >= 0.3 is 12.0 Å². The van der Waals surface area contributed by atoms with Gasteiger partial charge in [0.25, 0.3) is 5.91 Å². The molecule has 1 aliphatic heterocycles. The molecule has 4 rings (SSSR count). The molecule has 1 fully saturated rings. The lowest BCUT2D eigenvalue weighted by Gasteiger charge is -2.29. The molecular formula is C25H24ClN3O6. The first-order chi connectivity index (χ1) is 16.9. The number of carboxylic acids is 1. The molecule has 35 heavy (non-hydrogen) atoms. The molecule has 3 aromatic rings. The van der Waals surface area contributed by atoms with Gasteiger partial charge in [-0.25, -0.2) is 9.78 Å². The standard InChI is InChI=1S/C25H24ClN3O6/c1-33-21-12-14(8-9-15(21)17-13-27-25(35-3)28-22(17)34-2)23(30)29-19(10-11-20(29)24(31)32)16-6-4-5-7-18(16)26/h4-9,12-13,19-20H,10-11H2,1-3H3,(H,31,32)/t19-,20+/m1/s1. The highest BCUT2D eigenvalue weighted by molar-refractivity contribution is 6.31. The Morgan fingerprint density at radius 2 is 1.80 bits per heavy atom. The van der Waals surface area contributed by atoms with Gasteiger partial charge in [0.2, 0.25) is 5.88 Å². The van der Waals surface area contributed by atoms with Crippen LogP contribution in [-0.4, -0.2) is 59.2 Å². The van der Waals surface area contributed by atoms with Gasteiger partial charge in [0.05, 0.1) is 32.9 Å². The fraction of sp³-hybridized carbons (Fsp3) is 0.280. The predicted molar refractivity (Wildman–Crippen MR) is 128 cm³/mol. The van der Waals surface area contributed by atoms with Crippen LogP contribution in [0.3, 0.4) is 0 Å². The summed E-state index contributed by atoms with van der Waals surface area (Å²) in [4.78, 5) is 35.4. The van der Waals surface area contributed by atoms with Crippen molar-refractivity contribution >= 4 is 23.5 Å². The third kappa shape index (κ3) is 4.59. The Labute approximate surface area is 207 Å². The Kier molecular flexibility index (Phi) is 7.07. The van der Waals surface area contributed by atoms with Crippen LogP contribution in [0.25, 0.3) is 11.1 Å². The molecule has 1 aliphatic rings. The van der Waals surface area contributed by atoms with Crippen molar-refractivity contribution in [3.05, 3.63) is 64.8 Å². The minimum absolute atomic E-state index is 0.149. The number of rotatable bonds is 7. The van der Waals surface area contributed by atoms with Crippen LogP contribution in [-0.2, 0) is 4.79 Å². The average Bonchev–Trinajstić information content (AvgIpc) is 3.33. The Hall–Kier alpha value is -3.85. The Balaban J connectivity index is 1.74. The summed E-state index contributed by atoms with van der Waals surface area (Å²) in [6.07, 6.45) is 2.35. The number of amides is 1. The molecule has 0 spiro atoms. The third-order valence-corrected chi connectivity index (χ3v) is 6.36. The first kappa shape index (κ1) is 24.3. The van der Waals surface area contributed by atoms with E-state index in [9.17, 15) is 14.7 Å². The van der Waals surface area contributed by atoms with Gasteiger partial charge in [0.15, 0.2) is 0 Å². The smallest absolute Gasteiger partial charge is 0.326 e. The minimum Gasteiger partial charge on any atom is -0.496 e. The van der Waals surface area contributed by atoms with Gasteiger partial charge in [-0.05, 0) is 42.7 Å². The van der Waals surface area contributed by atoms with Crippen molar-refractivity contribution in [1.82, 2.24) is 14.9 Å². The number of carbonyl (C=O) groups excluding carboxylic acids is 1. The van der Waals surface area contributed by atoms with Gasteiger partial charge in [-0.1, -0.05) is 29.8 Å². The molecule has 2 aromatic carbocycles. The minimum atomic E-state index is -1.06. The van der Waals surface area contributed by atoms with Gasteiger partial charge in [-0.15, -0.1) is 0 Å².